The van der Waals surface area contributed by atoms with Crippen LogP contribution >= 0.6 is 0 Å². The van der Waals surface area contributed by atoms with Crippen molar-refractivity contribution in [3.8, 4) is 0 Å². The van der Waals surface area contributed by atoms with Crippen LogP contribution in [0.3, 0.4) is 0 Å². The number of ether oxygens (including phenoxy) is 1. The van der Waals surface area contributed by atoms with E-state index in [0.29, 0.717) is 18.3 Å². The van der Waals surface area contributed by atoms with Crippen molar-refractivity contribution in [1.82, 2.24) is 4.98 Å². The van der Waals surface area contributed by atoms with Gasteiger partial charge in [-0.1, -0.05) is 20.8 Å². The summed E-state index contributed by atoms with van der Waals surface area (Å²) < 4.78 is 5.29. The third-order valence-electron chi connectivity index (χ3n) is 2.79. The standard InChI is InChI=1S/C12H17N3O2.C2H6/c1-2-8-5-10(6-11(15-8)12(13)16)14-9-3-4-17-7-9;1-2/h5-6,9H,2-4,7H2,1H3,(H2,13,16)(H,14,15);1-2H3. The zero-order valence-electron chi connectivity index (χ0n) is 11.9. The number of hydrogen-bond donors (Lipinski definition) is 2. The number of amides is 1. The summed E-state index contributed by atoms with van der Waals surface area (Å²) in [5.41, 5.74) is 7.32. The van der Waals surface area contributed by atoms with Crippen molar-refractivity contribution in [3.63, 3.8) is 0 Å². The summed E-state index contributed by atoms with van der Waals surface area (Å²) in [6.45, 7) is 7.48. The lowest BCUT2D eigenvalue weighted by atomic mass is 10.2. The number of carbonyl (C=O) groups is 1. The predicted octanol–water partition coefficient (Wildman–Crippen LogP) is 1.97. The number of nitrogens with one attached hydrogen (secondary N) is 1. The summed E-state index contributed by atoms with van der Waals surface area (Å²) in [5, 5.41) is 3.34. The molecule has 5 nitrogen and oxygen atoms in total. The minimum atomic E-state index is -0.494. The molecule has 1 unspecified atom stereocenters. The Morgan fingerprint density at radius 1 is 1.53 bits per heavy atom. The normalized spacial score (nSPS) is 17.5. The highest BCUT2D eigenvalue weighted by molar-refractivity contribution is 5.91. The number of pyridine rings is 1. The van der Waals surface area contributed by atoms with Gasteiger partial charge in [0.25, 0.3) is 5.91 Å². The largest absolute Gasteiger partial charge is 0.380 e. The van der Waals surface area contributed by atoms with E-state index >= 15 is 0 Å². The topological polar surface area (TPSA) is 77.2 Å². The molecule has 2 rings (SSSR count). The van der Waals surface area contributed by atoms with Gasteiger partial charge in [-0.15, -0.1) is 0 Å². The summed E-state index contributed by atoms with van der Waals surface area (Å²) in [6.07, 6.45) is 1.76. The number of hydrogen-bond acceptors (Lipinski definition) is 4. The molecule has 0 aromatic carbocycles. The Morgan fingerprint density at radius 2 is 2.26 bits per heavy atom. The molecule has 0 saturated carbocycles. The van der Waals surface area contributed by atoms with Gasteiger partial charge in [-0.25, -0.2) is 4.98 Å². The van der Waals surface area contributed by atoms with Crippen molar-refractivity contribution in [2.75, 3.05) is 18.5 Å². The molecular formula is C14H23N3O2. The molecule has 1 amide bonds. The van der Waals surface area contributed by atoms with Crippen LogP contribution in [0.1, 0.15) is 43.4 Å². The first-order chi connectivity index (χ1) is 9.19. The first-order valence-corrected chi connectivity index (χ1v) is 6.84. The molecule has 1 aromatic rings. The van der Waals surface area contributed by atoms with Gasteiger partial charge in [0.1, 0.15) is 5.69 Å². The molecule has 106 valence electrons. The second-order valence-corrected chi connectivity index (χ2v) is 4.16. The molecule has 1 fully saturated rings. The fraction of sp³-hybridized carbons (Fsp3) is 0.571. The number of nitrogens with two attached hydrogens (primary N) is 1. The van der Waals surface area contributed by atoms with E-state index in [1.807, 2.05) is 26.8 Å². The van der Waals surface area contributed by atoms with E-state index in [-0.39, 0.29) is 0 Å². The van der Waals surface area contributed by atoms with Crippen LogP contribution in [0.15, 0.2) is 12.1 Å². The summed E-state index contributed by atoms with van der Waals surface area (Å²) in [4.78, 5) is 15.3. The quantitative estimate of drug-likeness (QED) is 0.872. The Labute approximate surface area is 114 Å². The summed E-state index contributed by atoms with van der Waals surface area (Å²) in [7, 11) is 0. The Bertz CT molecular complexity index is 415. The number of primary amides is 1. The number of aromatic nitrogens is 1. The van der Waals surface area contributed by atoms with Crippen molar-refractivity contribution in [1.29, 1.82) is 0 Å². The van der Waals surface area contributed by atoms with E-state index in [4.69, 9.17) is 10.5 Å². The average molecular weight is 265 g/mol. The van der Waals surface area contributed by atoms with Crippen molar-refractivity contribution in [2.24, 2.45) is 5.73 Å². The maximum Gasteiger partial charge on any atom is 0.267 e. The van der Waals surface area contributed by atoms with E-state index < -0.39 is 5.91 Å². The minimum absolute atomic E-state index is 0.308. The number of rotatable bonds is 4. The number of aryl methyl sites for hydroxylation is 1. The molecule has 0 bridgehead atoms. The van der Waals surface area contributed by atoms with Gasteiger partial charge in [0.15, 0.2) is 0 Å². The molecule has 2 heterocycles. The minimum Gasteiger partial charge on any atom is -0.380 e. The van der Waals surface area contributed by atoms with E-state index in [1.54, 1.807) is 6.07 Å². The van der Waals surface area contributed by atoms with Gasteiger partial charge in [0.2, 0.25) is 0 Å². The molecule has 0 aliphatic carbocycles. The average Bonchev–Trinajstić information content (AvgIpc) is 2.93. The molecule has 0 radical (unpaired) electrons. The number of carbonyl (C=O) groups excluding carboxylic acids is 1. The molecule has 3 N–H and O–H groups in total. The molecule has 1 aliphatic heterocycles. The lowest BCUT2D eigenvalue weighted by Crippen LogP contribution is -2.20. The van der Waals surface area contributed by atoms with Crippen molar-refractivity contribution >= 4 is 11.6 Å². The van der Waals surface area contributed by atoms with Crippen LogP contribution in [-0.2, 0) is 11.2 Å². The number of nitrogens with zero attached hydrogens (tertiary/aromatic N) is 1. The molecule has 1 saturated heterocycles. The van der Waals surface area contributed by atoms with E-state index in [2.05, 4.69) is 10.3 Å². The van der Waals surface area contributed by atoms with Crippen LogP contribution in [0.2, 0.25) is 0 Å². The summed E-state index contributed by atoms with van der Waals surface area (Å²) in [6, 6.07) is 3.95. The van der Waals surface area contributed by atoms with E-state index in [0.717, 1.165) is 30.8 Å². The Hall–Kier alpha value is -1.62. The fourth-order valence-corrected chi connectivity index (χ4v) is 1.86. The van der Waals surface area contributed by atoms with Crippen LogP contribution < -0.4 is 11.1 Å². The molecule has 5 heteroatoms. The molecule has 1 atom stereocenters. The van der Waals surface area contributed by atoms with Crippen molar-refractivity contribution < 1.29 is 9.53 Å². The predicted molar refractivity (Wildman–Crippen MR) is 76.3 cm³/mol. The van der Waals surface area contributed by atoms with Crippen molar-refractivity contribution in [2.45, 2.75) is 39.7 Å². The molecule has 19 heavy (non-hydrogen) atoms. The zero-order valence-corrected chi connectivity index (χ0v) is 11.9. The zero-order chi connectivity index (χ0) is 14.3. The van der Waals surface area contributed by atoms with Gasteiger partial charge < -0.3 is 15.8 Å². The third-order valence-corrected chi connectivity index (χ3v) is 2.79. The Kier molecular flexibility index (Phi) is 6.29. The summed E-state index contributed by atoms with van der Waals surface area (Å²) in [5.74, 6) is -0.494. The lowest BCUT2D eigenvalue weighted by Gasteiger charge is -2.13. The first-order valence-electron chi connectivity index (χ1n) is 6.84. The fourth-order valence-electron chi connectivity index (χ4n) is 1.86. The van der Waals surface area contributed by atoms with Gasteiger partial charge in [0.05, 0.1) is 12.6 Å². The monoisotopic (exact) mass is 265 g/mol. The van der Waals surface area contributed by atoms with Crippen molar-refractivity contribution in [3.05, 3.63) is 23.5 Å². The van der Waals surface area contributed by atoms with Crippen LogP contribution in [0.4, 0.5) is 5.69 Å². The van der Waals surface area contributed by atoms with Crippen LogP contribution in [0.25, 0.3) is 0 Å². The second-order valence-electron chi connectivity index (χ2n) is 4.16. The van der Waals surface area contributed by atoms with Crippen LogP contribution in [0.5, 0.6) is 0 Å². The van der Waals surface area contributed by atoms with Gasteiger partial charge in [-0.2, -0.15) is 0 Å². The highest BCUT2D eigenvalue weighted by Crippen LogP contribution is 2.16. The SMILES string of the molecule is CC.CCc1cc(NC2CCOC2)cc(C(N)=O)n1. The number of anilines is 1. The highest BCUT2D eigenvalue weighted by Gasteiger charge is 2.16. The first kappa shape index (κ1) is 15.4. The van der Waals surface area contributed by atoms with Gasteiger partial charge in [-0.3, -0.25) is 4.79 Å². The lowest BCUT2D eigenvalue weighted by molar-refractivity contribution is 0.0995. The maximum absolute atomic E-state index is 11.2. The highest BCUT2D eigenvalue weighted by atomic mass is 16.5. The smallest absolute Gasteiger partial charge is 0.267 e. The van der Waals surface area contributed by atoms with Crippen LogP contribution in [-0.4, -0.2) is 30.1 Å². The van der Waals surface area contributed by atoms with Crippen LogP contribution in [0, 0.1) is 0 Å². The molecule has 1 aromatic heterocycles. The third kappa shape index (κ3) is 4.52. The molecule has 1 aliphatic rings. The Balaban J connectivity index is 0.000000861. The van der Waals surface area contributed by atoms with Gasteiger partial charge in [0, 0.05) is 18.0 Å². The second kappa shape index (κ2) is 7.74. The summed E-state index contributed by atoms with van der Waals surface area (Å²) >= 11 is 0. The van der Waals surface area contributed by atoms with Gasteiger partial charge >= 0.3 is 0 Å². The van der Waals surface area contributed by atoms with E-state index in [9.17, 15) is 4.79 Å². The van der Waals surface area contributed by atoms with Gasteiger partial charge in [-0.05, 0) is 25.0 Å². The Morgan fingerprint density at radius 3 is 2.79 bits per heavy atom. The van der Waals surface area contributed by atoms with E-state index in [1.165, 1.54) is 0 Å². The molecular weight excluding hydrogens is 242 g/mol. The molecule has 0 spiro atoms. The maximum atomic E-state index is 11.2.